The topological polar surface area (TPSA) is 51.7 Å². The largest absolute Gasteiger partial charge is 0.493 e. The molecular weight excluding hydrogens is 328 g/mol. The fourth-order valence-electron chi connectivity index (χ4n) is 4.50. The van der Waals surface area contributed by atoms with Crippen molar-refractivity contribution in [1.29, 1.82) is 0 Å². The van der Waals surface area contributed by atoms with Gasteiger partial charge in [-0.25, -0.2) is 0 Å². The average molecular weight is 350 g/mol. The highest BCUT2D eigenvalue weighted by Crippen LogP contribution is 2.46. The number of hydrogen-bond donors (Lipinski definition) is 0. The lowest BCUT2D eigenvalue weighted by molar-refractivity contribution is 0.0712. The summed E-state index contributed by atoms with van der Waals surface area (Å²) in [4.78, 5) is 18.7. The van der Waals surface area contributed by atoms with E-state index in [0.717, 1.165) is 63.5 Å². The first kappa shape index (κ1) is 15.7. The van der Waals surface area contributed by atoms with Crippen LogP contribution in [0.4, 0.5) is 0 Å². The first-order valence-corrected chi connectivity index (χ1v) is 9.45. The van der Waals surface area contributed by atoms with E-state index in [4.69, 9.17) is 9.47 Å². The van der Waals surface area contributed by atoms with Gasteiger partial charge >= 0.3 is 0 Å². The van der Waals surface area contributed by atoms with Crippen molar-refractivity contribution < 1.29 is 14.3 Å². The van der Waals surface area contributed by atoms with E-state index < -0.39 is 0 Å². The lowest BCUT2D eigenvalue weighted by atomic mass is 9.83. The molecule has 1 aromatic heterocycles. The molecule has 1 aromatic carbocycles. The number of piperidine rings is 1. The van der Waals surface area contributed by atoms with Crippen molar-refractivity contribution in [2.45, 2.75) is 31.6 Å². The second kappa shape index (κ2) is 6.31. The minimum atomic E-state index is 0.0830. The Morgan fingerprint density at radius 1 is 1.15 bits per heavy atom. The Morgan fingerprint density at radius 3 is 2.81 bits per heavy atom. The van der Waals surface area contributed by atoms with Gasteiger partial charge in [0.15, 0.2) is 0 Å². The molecule has 4 heterocycles. The number of carbonyl (C=O) groups is 1. The van der Waals surface area contributed by atoms with Gasteiger partial charge in [0.1, 0.15) is 11.5 Å². The van der Waals surface area contributed by atoms with E-state index in [1.165, 1.54) is 16.7 Å². The third-order valence-electron chi connectivity index (χ3n) is 5.79. The average Bonchev–Trinajstić information content (AvgIpc) is 3.35. The van der Waals surface area contributed by atoms with E-state index in [-0.39, 0.29) is 5.91 Å². The summed E-state index contributed by atoms with van der Waals surface area (Å²) < 4.78 is 11.9. The van der Waals surface area contributed by atoms with E-state index in [0.29, 0.717) is 11.5 Å². The molecule has 5 rings (SSSR count). The fraction of sp³-hybridized carbons (Fsp3) is 0.429. The van der Waals surface area contributed by atoms with Gasteiger partial charge in [-0.3, -0.25) is 9.78 Å². The van der Waals surface area contributed by atoms with Crippen LogP contribution in [0.5, 0.6) is 11.5 Å². The molecule has 0 saturated carbocycles. The standard InChI is InChI=1S/C21H22N2O3/c24-21(16-2-1-7-22-13-16)23-8-3-14(4-9-23)19-17-6-11-25-18(17)12-15-5-10-26-20(15)19/h1-2,7,12-14H,3-6,8-11H2. The molecule has 0 spiro atoms. The Hall–Kier alpha value is -2.56. The van der Waals surface area contributed by atoms with Crippen molar-refractivity contribution in [3.8, 4) is 11.5 Å². The van der Waals surface area contributed by atoms with Gasteiger partial charge in [-0.15, -0.1) is 0 Å². The lowest BCUT2D eigenvalue weighted by Gasteiger charge is -2.33. The van der Waals surface area contributed by atoms with Gasteiger partial charge in [0.05, 0.1) is 18.8 Å². The molecule has 5 nitrogen and oxygen atoms in total. The van der Waals surface area contributed by atoms with Crippen LogP contribution in [-0.2, 0) is 12.8 Å². The summed E-state index contributed by atoms with van der Waals surface area (Å²) in [5.74, 6) is 2.68. The summed E-state index contributed by atoms with van der Waals surface area (Å²) in [6, 6.07) is 5.83. The van der Waals surface area contributed by atoms with Crippen molar-refractivity contribution >= 4 is 5.91 Å². The summed E-state index contributed by atoms with van der Waals surface area (Å²) >= 11 is 0. The second-order valence-corrected chi connectivity index (χ2v) is 7.26. The number of aromatic nitrogens is 1. The summed E-state index contributed by atoms with van der Waals surface area (Å²) in [5, 5.41) is 0. The molecule has 0 atom stereocenters. The molecule has 3 aliphatic rings. The number of ether oxygens (including phenoxy) is 2. The van der Waals surface area contributed by atoms with Gasteiger partial charge in [0.25, 0.3) is 5.91 Å². The summed E-state index contributed by atoms with van der Waals surface area (Å²) in [6.45, 7) is 3.09. The van der Waals surface area contributed by atoms with E-state index >= 15 is 0 Å². The van der Waals surface area contributed by atoms with Gasteiger partial charge in [-0.1, -0.05) is 0 Å². The van der Waals surface area contributed by atoms with Crippen LogP contribution in [0.2, 0.25) is 0 Å². The predicted octanol–water partition coefficient (Wildman–Crippen LogP) is 2.97. The van der Waals surface area contributed by atoms with Crippen molar-refractivity contribution in [2.24, 2.45) is 0 Å². The zero-order valence-corrected chi connectivity index (χ0v) is 14.7. The molecule has 1 saturated heterocycles. The number of rotatable bonds is 2. The van der Waals surface area contributed by atoms with Crippen molar-refractivity contribution in [1.82, 2.24) is 9.88 Å². The number of carbonyl (C=O) groups excluding carboxylic acids is 1. The first-order chi connectivity index (χ1) is 12.8. The number of hydrogen-bond acceptors (Lipinski definition) is 4. The Morgan fingerprint density at radius 2 is 2.00 bits per heavy atom. The third kappa shape index (κ3) is 2.54. The highest BCUT2D eigenvalue weighted by molar-refractivity contribution is 5.93. The van der Waals surface area contributed by atoms with E-state index in [2.05, 4.69) is 11.1 Å². The molecule has 0 unspecified atom stereocenters. The van der Waals surface area contributed by atoms with Crippen LogP contribution < -0.4 is 9.47 Å². The summed E-state index contributed by atoms with van der Waals surface area (Å²) in [6.07, 6.45) is 7.22. The number of benzene rings is 1. The van der Waals surface area contributed by atoms with Crippen LogP contribution in [0.1, 0.15) is 45.8 Å². The summed E-state index contributed by atoms with van der Waals surface area (Å²) in [5.41, 5.74) is 4.65. The molecule has 0 bridgehead atoms. The second-order valence-electron chi connectivity index (χ2n) is 7.26. The molecule has 3 aliphatic heterocycles. The van der Waals surface area contributed by atoms with Gasteiger partial charge in [0, 0.05) is 55.0 Å². The zero-order valence-electron chi connectivity index (χ0n) is 14.7. The maximum absolute atomic E-state index is 12.7. The smallest absolute Gasteiger partial charge is 0.255 e. The predicted molar refractivity (Wildman–Crippen MR) is 97.0 cm³/mol. The molecule has 1 amide bonds. The highest BCUT2D eigenvalue weighted by Gasteiger charge is 2.33. The molecule has 1 fully saturated rings. The van der Waals surface area contributed by atoms with Gasteiger partial charge in [-0.05, 0) is 37.0 Å². The SMILES string of the molecule is O=C(c1cccnc1)N1CCC(c2c3c(cc4c2OCC4)OCC3)CC1. The van der Waals surface area contributed by atoms with Gasteiger partial charge in [-0.2, -0.15) is 0 Å². The lowest BCUT2D eigenvalue weighted by Crippen LogP contribution is -2.38. The van der Waals surface area contributed by atoms with Crippen LogP contribution in [-0.4, -0.2) is 42.1 Å². The van der Waals surface area contributed by atoms with Crippen LogP contribution in [0.25, 0.3) is 0 Å². The molecule has 26 heavy (non-hydrogen) atoms. The Labute approximate surface area is 152 Å². The molecule has 2 aromatic rings. The Balaban J connectivity index is 1.38. The number of likely N-dealkylation sites (tertiary alicyclic amines) is 1. The molecule has 0 aliphatic carbocycles. The normalized spacial score (nSPS) is 18.8. The molecular formula is C21H22N2O3. The maximum Gasteiger partial charge on any atom is 0.255 e. The van der Waals surface area contributed by atoms with E-state index in [9.17, 15) is 4.79 Å². The van der Waals surface area contributed by atoms with Crippen molar-refractivity contribution in [3.63, 3.8) is 0 Å². The fourth-order valence-corrected chi connectivity index (χ4v) is 4.50. The number of nitrogens with zero attached hydrogens (tertiary/aromatic N) is 2. The maximum atomic E-state index is 12.7. The number of amides is 1. The van der Waals surface area contributed by atoms with E-state index in [1.54, 1.807) is 12.4 Å². The minimum Gasteiger partial charge on any atom is -0.493 e. The number of fused-ring (bicyclic) bond motifs is 2. The molecule has 0 radical (unpaired) electrons. The highest BCUT2D eigenvalue weighted by atomic mass is 16.5. The quantitative estimate of drug-likeness (QED) is 0.836. The van der Waals surface area contributed by atoms with Crippen LogP contribution in [0.15, 0.2) is 30.6 Å². The number of pyridine rings is 1. The van der Waals surface area contributed by atoms with Crippen LogP contribution in [0, 0.1) is 0 Å². The van der Waals surface area contributed by atoms with Gasteiger partial charge in [0.2, 0.25) is 0 Å². The van der Waals surface area contributed by atoms with E-state index in [1.807, 2.05) is 17.0 Å². The molecule has 0 N–H and O–H groups in total. The first-order valence-electron chi connectivity index (χ1n) is 9.45. The molecule has 5 heteroatoms. The van der Waals surface area contributed by atoms with Gasteiger partial charge < -0.3 is 14.4 Å². The zero-order chi connectivity index (χ0) is 17.5. The van der Waals surface area contributed by atoms with Crippen LogP contribution in [0.3, 0.4) is 0 Å². The van der Waals surface area contributed by atoms with Crippen molar-refractivity contribution in [2.75, 3.05) is 26.3 Å². The third-order valence-corrected chi connectivity index (χ3v) is 5.79. The Kier molecular flexibility index (Phi) is 3.80. The monoisotopic (exact) mass is 350 g/mol. The van der Waals surface area contributed by atoms with Crippen molar-refractivity contribution in [3.05, 3.63) is 52.8 Å². The van der Waals surface area contributed by atoms with Crippen LogP contribution >= 0.6 is 0 Å². The Bertz CT molecular complexity index is 810. The summed E-state index contributed by atoms with van der Waals surface area (Å²) in [7, 11) is 0. The minimum absolute atomic E-state index is 0.0830. The molecule has 134 valence electrons.